The summed E-state index contributed by atoms with van der Waals surface area (Å²) in [6.45, 7) is 3.85. The fourth-order valence-corrected chi connectivity index (χ4v) is 4.37. The molecule has 4 rings (SSSR count). The lowest BCUT2D eigenvalue weighted by Crippen LogP contribution is -2.62. The molecule has 3 aromatic carbocycles. The molecule has 7 heteroatoms. The summed E-state index contributed by atoms with van der Waals surface area (Å²) < 4.78 is 0.881. The van der Waals surface area contributed by atoms with E-state index in [1.807, 2.05) is 42.5 Å². The lowest BCUT2D eigenvalue weighted by molar-refractivity contribution is -0.123. The van der Waals surface area contributed by atoms with E-state index in [4.69, 9.17) is 23.2 Å². The zero-order valence-corrected chi connectivity index (χ0v) is 20.0. The third-order valence-electron chi connectivity index (χ3n) is 5.36. The maximum absolute atomic E-state index is 13.6. The van der Waals surface area contributed by atoms with Gasteiger partial charge in [-0.3, -0.25) is 14.5 Å². The zero-order chi connectivity index (χ0) is 22.3. The van der Waals surface area contributed by atoms with Gasteiger partial charge in [-0.1, -0.05) is 57.3 Å². The maximum Gasteiger partial charge on any atom is 0.259 e. The number of halogens is 3. The summed E-state index contributed by atoms with van der Waals surface area (Å²) in [5.74, 6) is -0.407. The van der Waals surface area contributed by atoms with Gasteiger partial charge in [0.05, 0.1) is 28.0 Å². The summed E-state index contributed by atoms with van der Waals surface area (Å²) in [4.78, 5) is 30.4. The highest BCUT2D eigenvalue weighted by molar-refractivity contribution is 9.10. The first-order valence-electron chi connectivity index (χ1n) is 9.65. The number of fused-ring (bicyclic) bond motifs is 1. The predicted molar refractivity (Wildman–Crippen MR) is 129 cm³/mol. The topological polar surface area (TPSA) is 40.6 Å². The summed E-state index contributed by atoms with van der Waals surface area (Å²) in [6.07, 6.45) is 0. The Hall–Kier alpha value is -2.34. The van der Waals surface area contributed by atoms with Crippen LogP contribution in [0.5, 0.6) is 0 Å². The molecule has 0 unspecified atom stereocenters. The molecule has 0 spiro atoms. The van der Waals surface area contributed by atoms with Crippen molar-refractivity contribution in [1.29, 1.82) is 0 Å². The van der Waals surface area contributed by atoms with E-state index < -0.39 is 5.54 Å². The maximum atomic E-state index is 13.6. The Morgan fingerprint density at radius 2 is 1.58 bits per heavy atom. The van der Waals surface area contributed by atoms with Crippen LogP contribution in [-0.4, -0.2) is 17.4 Å². The molecule has 0 atom stereocenters. The molecule has 0 radical (unpaired) electrons. The van der Waals surface area contributed by atoms with Crippen LogP contribution in [0.2, 0.25) is 10.0 Å². The van der Waals surface area contributed by atoms with Gasteiger partial charge in [0.15, 0.2) is 0 Å². The monoisotopic (exact) mass is 516 g/mol. The smallest absolute Gasteiger partial charge is 0.259 e. The second-order valence-electron chi connectivity index (χ2n) is 7.83. The molecule has 0 aliphatic carbocycles. The number of hydrogen-bond acceptors (Lipinski definition) is 2. The van der Waals surface area contributed by atoms with Gasteiger partial charge in [-0.15, -0.1) is 0 Å². The molecule has 0 saturated heterocycles. The SMILES string of the molecule is CC1(C)C(=O)N(Cc2ccc(Cl)c(Cl)c2)c2ccccc2N1C(=O)c1ccc(Br)cc1. The van der Waals surface area contributed by atoms with Crippen molar-refractivity contribution in [3.8, 4) is 0 Å². The number of benzene rings is 3. The van der Waals surface area contributed by atoms with E-state index in [9.17, 15) is 9.59 Å². The molecule has 0 fully saturated rings. The molecule has 1 aliphatic rings. The highest BCUT2D eigenvalue weighted by Gasteiger charge is 2.47. The molecule has 0 saturated carbocycles. The van der Waals surface area contributed by atoms with E-state index in [-0.39, 0.29) is 11.8 Å². The lowest BCUT2D eigenvalue weighted by Gasteiger charge is -2.46. The van der Waals surface area contributed by atoms with Crippen LogP contribution in [0.4, 0.5) is 11.4 Å². The Labute approximate surface area is 199 Å². The third kappa shape index (κ3) is 3.98. The molecule has 1 aliphatic heterocycles. The van der Waals surface area contributed by atoms with Gasteiger partial charge in [-0.05, 0) is 67.9 Å². The van der Waals surface area contributed by atoms with Crippen LogP contribution in [0.25, 0.3) is 0 Å². The van der Waals surface area contributed by atoms with Crippen LogP contribution in [-0.2, 0) is 11.3 Å². The van der Waals surface area contributed by atoms with Crippen LogP contribution in [0.1, 0.15) is 29.8 Å². The minimum Gasteiger partial charge on any atom is -0.304 e. The van der Waals surface area contributed by atoms with Gasteiger partial charge in [0.2, 0.25) is 0 Å². The molecular weight excluding hydrogens is 499 g/mol. The zero-order valence-electron chi connectivity index (χ0n) is 16.9. The first-order valence-corrected chi connectivity index (χ1v) is 11.2. The summed E-state index contributed by atoms with van der Waals surface area (Å²) in [5.41, 5.74) is 1.62. The molecule has 4 nitrogen and oxygen atoms in total. The van der Waals surface area contributed by atoms with Gasteiger partial charge in [0, 0.05) is 10.0 Å². The standard InChI is InChI=1S/C24H19BrCl2N2O2/c1-24(2)23(31)28(14-15-7-12-18(26)19(27)13-15)20-5-3-4-6-21(20)29(24)22(30)16-8-10-17(25)11-9-16/h3-13H,14H2,1-2H3. The summed E-state index contributed by atoms with van der Waals surface area (Å²) >= 11 is 15.6. The molecule has 2 amide bonds. The second-order valence-corrected chi connectivity index (χ2v) is 9.57. The number of para-hydroxylation sites is 2. The Morgan fingerprint density at radius 3 is 2.23 bits per heavy atom. The number of rotatable bonds is 3. The number of hydrogen-bond donors (Lipinski definition) is 0. The Balaban J connectivity index is 1.79. The highest BCUT2D eigenvalue weighted by Crippen LogP contribution is 2.42. The molecule has 0 N–H and O–H groups in total. The van der Waals surface area contributed by atoms with Crippen LogP contribution in [0.3, 0.4) is 0 Å². The average Bonchev–Trinajstić information content (AvgIpc) is 2.74. The molecular formula is C24H19BrCl2N2O2. The van der Waals surface area contributed by atoms with Gasteiger partial charge in [-0.25, -0.2) is 0 Å². The summed E-state index contributed by atoms with van der Waals surface area (Å²) in [5, 5.41) is 0.894. The average molecular weight is 518 g/mol. The Kier molecular flexibility index (Phi) is 5.86. The first-order chi connectivity index (χ1) is 14.7. The Bertz CT molecular complexity index is 1180. The summed E-state index contributed by atoms with van der Waals surface area (Å²) in [7, 11) is 0. The molecule has 0 aromatic heterocycles. The number of carbonyl (C=O) groups excluding carboxylic acids is 2. The van der Waals surface area contributed by atoms with Crippen molar-refractivity contribution in [2.24, 2.45) is 0 Å². The van der Waals surface area contributed by atoms with Crippen LogP contribution >= 0.6 is 39.1 Å². The van der Waals surface area contributed by atoms with E-state index in [0.717, 1.165) is 10.0 Å². The molecule has 31 heavy (non-hydrogen) atoms. The van der Waals surface area contributed by atoms with Crippen molar-refractivity contribution in [3.05, 3.63) is 92.4 Å². The van der Waals surface area contributed by atoms with Crippen molar-refractivity contribution in [1.82, 2.24) is 0 Å². The molecule has 3 aromatic rings. The number of anilines is 2. The second kappa shape index (κ2) is 8.30. The van der Waals surface area contributed by atoms with Gasteiger partial charge in [0.25, 0.3) is 11.8 Å². The third-order valence-corrected chi connectivity index (χ3v) is 6.63. The Morgan fingerprint density at radius 1 is 0.935 bits per heavy atom. The number of carbonyl (C=O) groups is 2. The van der Waals surface area contributed by atoms with E-state index in [1.165, 1.54) is 0 Å². The summed E-state index contributed by atoms with van der Waals surface area (Å²) in [6, 6.07) is 19.9. The molecule has 1 heterocycles. The van der Waals surface area contributed by atoms with E-state index in [0.29, 0.717) is 33.5 Å². The minimum atomic E-state index is -1.09. The number of amides is 2. The van der Waals surface area contributed by atoms with E-state index >= 15 is 0 Å². The lowest BCUT2D eigenvalue weighted by atomic mass is 9.93. The van der Waals surface area contributed by atoms with Crippen molar-refractivity contribution < 1.29 is 9.59 Å². The molecule has 158 valence electrons. The fourth-order valence-electron chi connectivity index (χ4n) is 3.78. The normalized spacial score (nSPS) is 15.1. The minimum absolute atomic E-state index is 0.178. The number of nitrogens with zero attached hydrogens (tertiary/aromatic N) is 2. The van der Waals surface area contributed by atoms with Gasteiger partial charge in [0.1, 0.15) is 5.54 Å². The fraction of sp³-hybridized carbons (Fsp3) is 0.167. The van der Waals surface area contributed by atoms with Crippen molar-refractivity contribution >= 4 is 62.3 Å². The van der Waals surface area contributed by atoms with Crippen molar-refractivity contribution in [3.63, 3.8) is 0 Å². The van der Waals surface area contributed by atoms with E-state index in [2.05, 4.69) is 15.9 Å². The van der Waals surface area contributed by atoms with E-state index in [1.54, 1.807) is 47.9 Å². The van der Waals surface area contributed by atoms with Crippen molar-refractivity contribution in [2.45, 2.75) is 25.9 Å². The largest absolute Gasteiger partial charge is 0.304 e. The quantitative estimate of drug-likeness (QED) is 0.386. The van der Waals surface area contributed by atoms with Crippen LogP contribution in [0.15, 0.2) is 71.2 Å². The van der Waals surface area contributed by atoms with Gasteiger partial charge < -0.3 is 4.90 Å². The van der Waals surface area contributed by atoms with Gasteiger partial charge >= 0.3 is 0 Å². The molecule has 0 bridgehead atoms. The first kappa shape index (κ1) is 21.9. The van der Waals surface area contributed by atoms with Crippen molar-refractivity contribution in [2.75, 3.05) is 9.80 Å². The van der Waals surface area contributed by atoms with Crippen LogP contribution in [0, 0.1) is 0 Å². The highest BCUT2D eigenvalue weighted by atomic mass is 79.9. The van der Waals surface area contributed by atoms with Gasteiger partial charge in [-0.2, -0.15) is 0 Å². The van der Waals surface area contributed by atoms with Crippen LogP contribution < -0.4 is 9.80 Å². The predicted octanol–water partition coefficient (Wildman–Crippen LogP) is 6.73.